The largest absolute Gasteiger partial charge is 0.272 e. The van der Waals surface area contributed by atoms with E-state index in [-0.39, 0.29) is 18.0 Å². The average Bonchev–Trinajstić information content (AvgIpc) is 3.23. The van der Waals surface area contributed by atoms with Gasteiger partial charge in [-0.25, -0.2) is 13.8 Å². The first kappa shape index (κ1) is 22.2. The maximum atomic E-state index is 13.2. The lowest BCUT2D eigenvalue weighted by atomic mass is 10.1. The molecule has 0 spiro atoms. The van der Waals surface area contributed by atoms with Gasteiger partial charge in [0.2, 0.25) is 10.0 Å². The van der Waals surface area contributed by atoms with Gasteiger partial charge in [-0.2, -0.15) is 9.41 Å². The normalized spacial score (nSPS) is 11.8. The van der Waals surface area contributed by atoms with Crippen LogP contribution in [-0.2, 0) is 21.4 Å². The zero-order valence-electron chi connectivity index (χ0n) is 16.2. The van der Waals surface area contributed by atoms with Crippen LogP contribution in [0.2, 0.25) is 5.02 Å². The van der Waals surface area contributed by atoms with Crippen LogP contribution >= 0.6 is 22.9 Å². The van der Waals surface area contributed by atoms with Crippen LogP contribution in [0.1, 0.15) is 16.0 Å². The number of nitrogens with one attached hydrogen (secondary N) is 1. The van der Waals surface area contributed by atoms with Crippen LogP contribution in [0.15, 0.2) is 76.0 Å². The summed E-state index contributed by atoms with van der Waals surface area (Å²) in [5, 5.41) is 6.22. The lowest BCUT2D eigenvalue weighted by Gasteiger charge is -2.21. The molecule has 0 aliphatic rings. The number of carbonyl (C=O) groups excluding carboxylic acids is 1. The molecule has 0 unspecified atom stereocenters. The molecule has 0 aliphatic carbocycles. The molecule has 0 atom stereocenters. The van der Waals surface area contributed by atoms with Crippen molar-refractivity contribution in [2.24, 2.45) is 5.10 Å². The third-order valence-corrected chi connectivity index (χ3v) is 7.04. The fraction of sp³-hybridized carbons (Fsp3) is 0.143. The summed E-state index contributed by atoms with van der Waals surface area (Å²) in [6, 6.07) is 17.1. The van der Waals surface area contributed by atoms with E-state index < -0.39 is 15.9 Å². The van der Waals surface area contributed by atoms with E-state index in [0.717, 1.165) is 20.3 Å². The summed E-state index contributed by atoms with van der Waals surface area (Å²) >= 11 is 7.36. The highest BCUT2D eigenvalue weighted by Crippen LogP contribution is 2.20. The monoisotopic (exact) mass is 461 g/mol. The maximum absolute atomic E-state index is 13.2. The number of hydrazone groups is 1. The second kappa shape index (κ2) is 9.99. The number of aryl methyl sites for hydroxylation is 1. The van der Waals surface area contributed by atoms with Gasteiger partial charge >= 0.3 is 0 Å². The molecule has 3 aromatic rings. The average molecular weight is 462 g/mol. The number of carbonyl (C=O) groups is 1. The van der Waals surface area contributed by atoms with Gasteiger partial charge in [0.1, 0.15) is 0 Å². The van der Waals surface area contributed by atoms with Gasteiger partial charge in [0.15, 0.2) is 0 Å². The predicted molar refractivity (Wildman–Crippen MR) is 120 cm³/mol. The second-order valence-electron chi connectivity index (χ2n) is 6.52. The molecule has 9 heteroatoms. The summed E-state index contributed by atoms with van der Waals surface area (Å²) in [7, 11) is -3.93. The molecular formula is C21H20ClN3O3S2. The number of hydrogen-bond donors (Lipinski definition) is 1. The van der Waals surface area contributed by atoms with Crippen LogP contribution in [0.3, 0.4) is 0 Å². The van der Waals surface area contributed by atoms with E-state index in [1.165, 1.54) is 41.8 Å². The third kappa shape index (κ3) is 5.99. The van der Waals surface area contributed by atoms with Gasteiger partial charge in [-0.05, 0) is 48.2 Å². The number of thiophene rings is 1. The Bertz CT molecular complexity index is 1110. The van der Waals surface area contributed by atoms with Gasteiger partial charge in [0, 0.05) is 16.4 Å². The van der Waals surface area contributed by atoms with Crippen molar-refractivity contribution in [1.82, 2.24) is 9.73 Å². The predicted octanol–water partition coefficient (Wildman–Crippen LogP) is 4.05. The van der Waals surface area contributed by atoms with Gasteiger partial charge in [-0.15, -0.1) is 11.3 Å². The smallest absolute Gasteiger partial charge is 0.255 e. The Morgan fingerprint density at radius 3 is 2.47 bits per heavy atom. The Morgan fingerprint density at radius 2 is 1.83 bits per heavy atom. The molecule has 156 valence electrons. The van der Waals surface area contributed by atoms with E-state index >= 15 is 0 Å². The zero-order valence-corrected chi connectivity index (χ0v) is 18.5. The van der Waals surface area contributed by atoms with Crippen molar-refractivity contribution in [3.8, 4) is 0 Å². The van der Waals surface area contributed by atoms with Crippen molar-refractivity contribution in [2.45, 2.75) is 18.4 Å². The van der Waals surface area contributed by atoms with Crippen LogP contribution in [-0.4, -0.2) is 31.4 Å². The summed E-state index contributed by atoms with van der Waals surface area (Å²) in [5.74, 6) is -0.535. The molecule has 3 rings (SSSR count). The molecular weight excluding hydrogens is 442 g/mol. The number of benzene rings is 2. The van der Waals surface area contributed by atoms with Crippen molar-refractivity contribution < 1.29 is 13.2 Å². The molecule has 30 heavy (non-hydrogen) atoms. The molecule has 1 amide bonds. The standard InChI is InChI=1S/C21H20ClN3O3S2/c1-16-4-6-17(7-5-16)14-25(30(27,28)20-10-8-18(22)9-11-20)15-21(26)24-23-13-19-3-2-12-29-19/h2-13H,14-15H2,1H3,(H,24,26)/b23-13-. The second-order valence-corrected chi connectivity index (χ2v) is 9.87. The van der Waals surface area contributed by atoms with Crippen molar-refractivity contribution in [3.63, 3.8) is 0 Å². The van der Waals surface area contributed by atoms with E-state index in [4.69, 9.17) is 11.6 Å². The molecule has 1 heterocycles. The summed E-state index contributed by atoms with van der Waals surface area (Å²) in [6.07, 6.45) is 1.51. The third-order valence-electron chi connectivity index (χ3n) is 4.18. The van der Waals surface area contributed by atoms with Crippen LogP contribution in [0.5, 0.6) is 0 Å². The molecule has 0 aliphatic heterocycles. The van der Waals surface area contributed by atoms with Crippen molar-refractivity contribution in [2.75, 3.05) is 6.54 Å². The lowest BCUT2D eigenvalue weighted by molar-refractivity contribution is -0.121. The summed E-state index contributed by atoms with van der Waals surface area (Å²) in [6.45, 7) is 1.62. The minimum atomic E-state index is -3.93. The number of rotatable bonds is 8. The molecule has 0 saturated heterocycles. The quantitative estimate of drug-likeness (QED) is 0.406. The van der Waals surface area contributed by atoms with Crippen LogP contribution in [0.4, 0.5) is 0 Å². The SMILES string of the molecule is Cc1ccc(CN(CC(=O)N/N=C\c2cccs2)S(=O)(=O)c2ccc(Cl)cc2)cc1. The fourth-order valence-corrected chi connectivity index (χ4v) is 4.70. The Morgan fingerprint density at radius 1 is 1.13 bits per heavy atom. The molecule has 0 saturated carbocycles. The molecule has 0 bridgehead atoms. The zero-order chi connectivity index (χ0) is 21.6. The van der Waals surface area contributed by atoms with Crippen molar-refractivity contribution in [3.05, 3.63) is 87.1 Å². The van der Waals surface area contributed by atoms with Gasteiger partial charge in [0.05, 0.1) is 17.7 Å². The maximum Gasteiger partial charge on any atom is 0.255 e. The Labute approximate surface area is 184 Å². The first-order valence-electron chi connectivity index (χ1n) is 9.01. The van der Waals surface area contributed by atoms with Crippen LogP contribution in [0, 0.1) is 6.92 Å². The highest BCUT2D eigenvalue weighted by molar-refractivity contribution is 7.89. The van der Waals surface area contributed by atoms with E-state index in [2.05, 4.69) is 10.5 Å². The highest BCUT2D eigenvalue weighted by Gasteiger charge is 2.27. The lowest BCUT2D eigenvalue weighted by Crippen LogP contribution is -2.39. The molecule has 1 aromatic heterocycles. The number of amides is 1. The number of hydrogen-bond acceptors (Lipinski definition) is 5. The van der Waals surface area contributed by atoms with E-state index in [1.54, 1.807) is 0 Å². The highest BCUT2D eigenvalue weighted by atomic mass is 35.5. The van der Waals surface area contributed by atoms with Crippen molar-refractivity contribution >= 4 is 45.1 Å². The first-order valence-corrected chi connectivity index (χ1v) is 11.7. The summed E-state index contributed by atoms with van der Waals surface area (Å²) in [4.78, 5) is 13.3. The van der Waals surface area contributed by atoms with Gasteiger partial charge in [-0.3, -0.25) is 4.79 Å². The number of sulfonamides is 1. The fourth-order valence-electron chi connectivity index (χ4n) is 2.61. The van der Waals surface area contributed by atoms with Gasteiger partial charge in [-0.1, -0.05) is 47.5 Å². The van der Waals surface area contributed by atoms with Crippen LogP contribution < -0.4 is 5.43 Å². The first-order chi connectivity index (χ1) is 14.3. The number of halogens is 1. The van der Waals surface area contributed by atoms with E-state index in [1.807, 2.05) is 48.7 Å². The molecule has 1 N–H and O–H groups in total. The van der Waals surface area contributed by atoms with E-state index in [9.17, 15) is 13.2 Å². The minimum absolute atomic E-state index is 0.0489. The Balaban J connectivity index is 1.80. The minimum Gasteiger partial charge on any atom is -0.272 e. The van der Waals surface area contributed by atoms with Crippen molar-refractivity contribution in [1.29, 1.82) is 0 Å². The Hall–Kier alpha value is -2.52. The van der Waals surface area contributed by atoms with Gasteiger partial charge < -0.3 is 0 Å². The van der Waals surface area contributed by atoms with E-state index in [0.29, 0.717) is 5.02 Å². The molecule has 0 fully saturated rings. The molecule has 6 nitrogen and oxygen atoms in total. The van der Waals surface area contributed by atoms with Gasteiger partial charge in [0.25, 0.3) is 5.91 Å². The molecule has 0 radical (unpaired) electrons. The summed E-state index contributed by atoms with van der Waals surface area (Å²) in [5.41, 5.74) is 4.22. The Kier molecular flexibility index (Phi) is 7.38. The van der Waals surface area contributed by atoms with Crippen LogP contribution in [0.25, 0.3) is 0 Å². The number of nitrogens with zero attached hydrogens (tertiary/aromatic N) is 2. The summed E-state index contributed by atoms with van der Waals surface area (Å²) < 4.78 is 27.5. The topological polar surface area (TPSA) is 78.8 Å². The molecule has 2 aromatic carbocycles.